The topological polar surface area (TPSA) is 160 Å². The van der Waals surface area contributed by atoms with E-state index >= 15 is 0 Å². The Morgan fingerprint density at radius 3 is 2.63 bits per heavy atom. The number of halogens is 4. The molecule has 3 heterocycles. The lowest BCUT2D eigenvalue weighted by molar-refractivity contribution is 0.0189. The number of carbonyl (C=O) groups is 1. The lowest BCUT2D eigenvalue weighted by Gasteiger charge is -2.33. The third-order valence-corrected chi connectivity index (χ3v) is 8.44. The van der Waals surface area contributed by atoms with Gasteiger partial charge >= 0.3 is 6.09 Å². The molecule has 1 fully saturated rings. The number of ether oxygens (including phenoxy) is 1. The van der Waals surface area contributed by atoms with Gasteiger partial charge in [-0.05, 0) is 43.7 Å². The molecule has 4 aromatic rings. The molecule has 3 N–H and O–H groups in total. The van der Waals surface area contributed by atoms with Crippen LogP contribution >= 0.6 is 0 Å². The van der Waals surface area contributed by atoms with E-state index in [9.17, 15) is 35.9 Å². The highest BCUT2D eigenvalue weighted by atomic mass is 32.2. The Morgan fingerprint density at radius 2 is 1.89 bits per heavy atom. The van der Waals surface area contributed by atoms with Crippen LogP contribution in [0.3, 0.4) is 0 Å². The number of hydrogen-bond acceptors (Lipinski definition) is 9. The van der Waals surface area contributed by atoms with Gasteiger partial charge in [0.15, 0.2) is 0 Å². The van der Waals surface area contributed by atoms with Crippen LogP contribution in [-0.4, -0.2) is 81.7 Å². The molecule has 244 valence electrons. The minimum atomic E-state index is -4.34. The van der Waals surface area contributed by atoms with E-state index in [1.165, 1.54) is 24.5 Å². The Balaban J connectivity index is 1.45. The van der Waals surface area contributed by atoms with Crippen LogP contribution in [0.1, 0.15) is 25.3 Å². The normalized spacial score (nSPS) is 17.1. The van der Waals surface area contributed by atoms with Crippen LogP contribution in [0.25, 0.3) is 22.0 Å². The van der Waals surface area contributed by atoms with E-state index in [0.29, 0.717) is 29.1 Å². The van der Waals surface area contributed by atoms with Gasteiger partial charge in [0.05, 0.1) is 35.4 Å². The molecule has 1 saturated heterocycles. The molecule has 2 atom stereocenters. The van der Waals surface area contributed by atoms with Gasteiger partial charge in [-0.2, -0.15) is 5.10 Å². The molecule has 0 spiro atoms. The van der Waals surface area contributed by atoms with E-state index in [4.69, 9.17) is 4.74 Å². The number of alkyl halides is 3. The number of rotatable bonds is 10. The second-order valence-corrected chi connectivity index (χ2v) is 12.8. The number of nitrogens with zero attached hydrogens (tertiary/aromatic N) is 5. The van der Waals surface area contributed by atoms with Crippen molar-refractivity contribution in [2.24, 2.45) is 0 Å². The standard InChI is InChI=1S/C29H29F4N7O5S/c1-16-3-4-19-20(5-6-22(31)24(19)39-46(43,44)12-9-29(2,32)33)25(16)45-26-21(7-11-35-38-26)23-8-10-34-27(37-23)36-18-13-17(30)14-40(15-18)28(41)42/h3-8,10-11,17-18,39H,9,12-15H2,1-2H3,(H,41,42)(H,34,36,37)/t17-,18-/m0/s1. The predicted octanol–water partition coefficient (Wildman–Crippen LogP) is 5.62. The van der Waals surface area contributed by atoms with E-state index < -0.39 is 57.9 Å². The Morgan fingerprint density at radius 1 is 1.13 bits per heavy atom. The summed E-state index contributed by atoms with van der Waals surface area (Å²) in [5.74, 6) is -4.78. The maximum atomic E-state index is 14.9. The average Bonchev–Trinajstić information content (AvgIpc) is 2.99. The number of amides is 1. The fourth-order valence-corrected chi connectivity index (χ4v) is 6.21. The van der Waals surface area contributed by atoms with E-state index in [1.807, 2.05) is 0 Å². The van der Waals surface area contributed by atoms with Crippen molar-refractivity contribution < 1.29 is 40.6 Å². The van der Waals surface area contributed by atoms with Crippen molar-refractivity contribution in [2.45, 2.75) is 44.8 Å². The molecule has 1 amide bonds. The summed E-state index contributed by atoms with van der Waals surface area (Å²) >= 11 is 0. The van der Waals surface area contributed by atoms with Crippen molar-refractivity contribution in [3.63, 3.8) is 0 Å². The number of piperidine rings is 1. The monoisotopic (exact) mass is 663 g/mol. The number of benzene rings is 2. The zero-order valence-corrected chi connectivity index (χ0v) is 25.4. The van der Waals surface area contributed by atoms with Crippen LogP contribution in [0.4, 0.5) is 34.0 Å². The minimum absolute atomic E-state index is 0.0158. The fourth-order valence-electron chi connectivity index (χ4n) is 4.96. The van der Waals surface area contributed by atoms with Crippen LogP contribution in [0.5, 0.6) is 11.6 Å². The van der Waals surface area contributed by atoms with Gasteiger partial charge in [0, 0.05) is 42.4 Å². The molecule has 0 saturated carbocycles. The molecule has 12 nitrogen and oxygen atoms in total. The molecule has 0 bridgehead atoms. The van der Waals surface area contributed by atoms with Crippen LogP contribution in [0.2, 0.25) is 0 Å². The van der Waals surface area contributed by atoms with Gasteiger partial charge in [-0.25, -0.2) is 40.7 Å². The first-order chi connectivity index (χ1) is 21.7. The van der Waals surface area contributed by atoms with Gasteiger partial charge in [-0.1, -0.05) is 12.1 Å². The molecule has 0 unspecified atom stereocenters. The van der Waals surface area contributed by atoms with Crippen LogP contribution in [0.15, 0.2) is 48.8 Å². The highest BCUT2D eigenvalue weighted by molar-refractivity contribution is 7.92. The summed E-state index contributed by atoms with van der Waals surface area (Å²) < 4.78 is 89.2. The predicted molar refractivity (Wildman–Crippen MR) is 161 cm³/mol. The highest BCUT2D eigenvalue weighted by Crippen LogP contribution is 2.39. The van der Waals surface area contributed by atoms with Gasteiger partial charge in [0.1, 0.15) is 17.7 Å². The molecule has 2 aromatic carbocycles. The highest BCUT2D eigenvalue weighted by Gasteiger charge is 2.30. The van der Waals surface area contributed by atoms with Crippen molar-refractivity contribution in [1.82, 2.24) is 25.1 Å². The smallest absolute Gasteiger partial charge is 0.407 e. The summed E-state index contributed by atoms with van der Waals surface area (Å²) in [4.78, 5) is 21.0. The molecule has 5 rings (SSSR count). The van der Waals surface area contributed by atoms with Crippen molar-refractivity contribution in [3.8, 4) is 22.9 Å². The van der Waals surface area contributed by atoms with Gasteiger partial charge in [0.2, 0.25) is 27.8 Å². The summed E-state index contributed by atoms with van der Waals surface area (Å²) in [5.41, 5.74) is 0.836. The third kappa shape index (κ3) is 7.70. The van der Waals surface area contributed by atoms with Gasteiger partial charge < -0.3 is 20.1 Å². The number of carboxylic acid groups (broad SMARTS) is 1. The van der Waals surface area contributed by atoms with Crippen LogP contribution in [-0.2, 0) is 10.0 Å². The second kappa shape index (κ2) is 12.9. The van der Waals surface area contributed by atoms with Gasteiger partial charge in [-0.15, -0.1) is 5.10 Å². The minimum Gasteiger partial charge on any atom is -0.465 e. The van der Waals surface area contributed by atoms with E-state index in [2.05, 4.69) is 30.2 Å². The molecule has 0 aliphatic carbocycles. The zero-order chi connectivity index (χ0) is 33.2. The summed E-state index contributed by atoms with van der Waals surface area (Å²) in [5, 5.41) is 20.7. The first-order valence-electron chi connectivity index (χ1n) is 14.0. The summed E-state index contributed by atoms with van der Waals surface area (Å²) in [6.07, 6.45) is -0.634. The zero-order valence-electron chi connectivity index (χ0n) is 24.5. The summed E-state index contributed by atoms with van der Waals surface area (Å²) in [6, 6.07) is 8.02. The second-order valence-electron chi connectivity index (χ2n) is 10.9. The van der Waals surface area contributed by atoms with Crippen molar-refractivity contribution in [2.75, 3.05) is 28.9 Å². The molecule has 1 aliphatic rings. The number of anilines is 2. The van der Waals surface area contributed by atoms with Crippen LogP contribution < -0.4 is 14.8 Å². The van der Waals surface area contributed by atoms with E-state index in [-0.39, 0.29) is 42.5 Å². The molecule has 46 heavy (non-hydrogen) atoms. The quantitative estimate of drug-likeness (QED) is 0.182. The number of hydrogen-bond donors (Lipinski definition) is 3. The average molecular weight is 664 g/mol. The lowest BCUT2D eigenvalue weighted by atomic mass is 10.0. The summed E-state index contributed by atoms with van der Waals surface area (Å²) in [6.45, 7) is 2.12. The number of nitrogens with one attached hydrogen (secondary N) is 2. The van der Waals surface area contributed by atoms with Crippen molar-refractivity contribution in [3.05, 3.63) is 60.2 Å². The molecule has 2 aromatic heterocycles. The first-order valence-corrected chi connectivity index (χ1v) is 15.7. The van der Waals surface area contributed by atoms with Gasteiger partial charge in [0.25, 0.3) is 0 Å². The molecule has 17 heteroatoms. The molecule has 0 radical (unpaired) electrons. The number of fused-ring (bicyclic) bond motifs is 1. The Hall–Kier alpha value is -4.80. The maximum Gasteiger partial charge on any atom is 0.407 e. The first kappa shape index (κ1) is 32.6. The Bertz CT molecular complexity index is 1880. The summed E-state index contributed by atoms with van der Waals surface area (Å²) in [7, 11) is -4.34. The largest absolute Gasteiger partial charge is 0.465 e. The van der Waals surface area contributed by atoms with Crippen LogP contribution in [0, 0.1) is 12.7 Å². The number of aryl methyl sites for hydroxylation is 1. The Labute approximate surface area is 260 Å². The van der Waals surface area contributed by atoms with E-state index in [1.54, 1.807) is 25.1 Å². The van der Waals surface area contributed by atoms with E-state index in [0.717, 1.165) is 11.0 Å². The van der Waals surface area contributed by atoms with Gasteiger partial charge in [-0.3, -0.25) is 4.72 Å². The van der Waals surface area contributed by atoms with Crippen molar-refractivity contribution >= 4 is 38.5 Å². The lowest BCUT2D eigenvalue weighted by Crippen LogP contribution is -2.49. The molecular weight excluding hydrogens is 634 g/mol. The number of aromatic nitrogens is 4. The third-order valence-electron chi connectivity index (χ3n) is 7.19. The molecule has 1 aliphatic heterocycles. The number of likely N-dealkylation sites (tertiary alicyclic amines) is 1. The maximum absolute atomic E-state index is 14.9. The Kier molecular flexibility index (Phi) is 9.14. The molecular formula is C29H29F4N7O5S. The number of sulfonamides is 1. The SMILES string of the molecule is Cc1ccc2c(NS(=O)(=O)CCC(C)(F)F)c(F)ccc2c1Oc1nnccc1-c1ccnc(N[C@H]2C[C@H](F)CN(C(=O)O)C2)n1. The fraction of sp³-hybridized carbons (Fsp3) is 0.345. The van der Waals surface area contributed by atoms with Crippen molar-refractivity contribution in [1.29, 1.82) is 0 Å².